The van der Waals surface area contributed by atoms with Crippen molar-refractivity contribution < 1.29 is 4.79 Å². The standard InChI is InChI=1S/C52H103N3O/c1-11-13-15-16-17-18-19-20-21-22-23-24-25-26-27-28-29-34-38-47(46(37-32-14-12-2)45-42-51(7,8)55-52(9,10)43-45)48(56)53-39-35-31-30-33-36-44-40-49(3,4)54-50(5,6)41-44/h44-47,54-55H,11-43H2,1-10H3,(H,53,56). The molecule has 0 aliphatic carbocycles. The Morgan fingerprint density at radius 3 is 1.30 bits per heavy atom. The second-order valence-corrected chi connectivity index (χ2v) is 22.3. The van der Waals surface area contributed by atoms with Crippen LogP contribution in [0, 0.1) is 23.7 Å². The van der Waals surface area contributed by atoms with E-state index in [-0.39, 0.29) is 28.1 Å². The highest BCUT2D eigenvalue weighted by atomic mass is 16.1. The van der Waals surface area contributed by atoms with E-state index >= 15 is 0 Å². The van der Waals surface area contributed by atoms with Gasteiger partial charge in [-0.15, -0.1) is 0 Å². The van der Waals surface area contributed by atoms with Crippen molar-refractivity contribution >= 4 is 5.91 Å². The molecule has 0 spiro atoms. The van der Waals surface area contributed by atoms with Gasteiger partial charge in [-0.1, -0.05) is 174 Å². The molecule has 4 heteroatoms. The van der Waals surface area contributed by atoms with E-state index in [9.17, 15) is 4.79 Å². The number of carbonyl (C=O) groups excluding carboxylic acids is 1. The number of amides is 1. The fraction of sp³-hybridized carbons (Fsp3) is 0.981. The number of hydrogen-bond acceptors (Lipinski definition) is 3. The second-order valence-electron chi connectivity index (χ2n) is 22.3. The first-order valence-corrected chi connectivity index (χ1v) is 25.4. The number of piperidine rings is 2. The molecule has 2 aliphatic heterocycles. The fourth-order valence-electron chi connectivity index (χ4n) is 11.9. The zero-order valence-electron chi connectivity index (χ0n) is 40.1. The van der Waals surface area contributed by atoms with Crippen molar-refractivity contribution in [1.29, 1.82) is 0 Å². The van der Waals surface area contributed by atoms with Crippen LogP contribution < -0.4 is 16.0 Å². The Balaban J connectivity index is 1.80. The van der Waals surface area contributed by atoms with Crippen molar-refractivity contribution in [2.75, 3.05) is 6.54 Å². The van der Waals surface area contributed by atoms with Gasteiger partial charge in [0, 0.05) is 34.6 Å². The van der Waals surface area contributed by atoms with Gasteiger partial charge in [-0.2, -0.15) is 0 Å². The fourth-order valence-corrected chi connectivity index (χ4v) is 11.9. The van der Waals surface area contributed by atoms with Crippen LogP contribution in [0.15, 0.2) is 0 Å². The minimum atomic E-state index is 0.115. The molecule has 1 amide bonds. The van der Waals surface area contributed by atoms with E-state index in [0.717, 1.165) is 25.3 Å². The van der Waals surface area contributed by atoms with Gasteiger partial charge in [0.15, 0.2) is 0 Å². The van der Waals surface area contributed by atoms with Crippen LogP contribution >= 0.6 is 0 Å². The molecule has 0 aromatic heterocycles. The minimum Gasteiger partial charge on any atom is -0.356 e. The van der Waals surface area contributed by atoms with Gasteiger partial charge in [0.05, 0.1) is 0 Å². The van der Waals surface area contributed by atoms with Crippen LogP contribution in [-0.2, 0) is 4.79 Å². The highest BCUT2D eigenvalue weighted by Gasteiger charge is 2.43. The maximum Gasteiger partial charge on any atom is 0.223 e. The van der Waals surface area contributed by atoms with Gasteiger partial charge in [-0.3, -0.25) is 4.79 Å². The van der Waals surface area contributed by atoms with Gasteiger partial charge in [0.1, 0.15) is 0 Å². The molecular weight excluding hydrogens is 683 g/mol. The first kappa shape index (κ1) is 51.5. The number of hydrogen-bond donors (Lipinski definition) is 3. The van der Waals surface area contributed by atoms with E-state index in [0.29, 0.717) is 17.7 Å². The molecule has 0 bridgehead atoms. The smallest absolute Gasteiger partial charge is 0.223 e. The van der Waals surface area contributed by atoms with Crippen LogP contribution in [0.1, 0.15) is 275 Å². The lowest BCUT2D eigenvalue weighted by Gasteiger charge is -2.50. The Morgan fingerprint density at radius 2 is 0.839 bits per heavy atom. The molecular formula is C52H103N3O. The molecule has 0 aromatic carbocycles. The molecule has 2 fully saturated rings. The molecule has 332 valence electrons. The average Bonchev–Trinajstić information content (AvgIpc) is 3.08. The molecule has 2 heterocycles. The van der Waals surface area contributed by atoms with Crippen LogP contribution in [-0.4, -0.2) is 34.6 Å². The molecule has 0 aromatic rings. The van der Waals surface area contributed by atoms with Crippen molar-refractivity contribution in [3.63, 3.8) is 0 Å². The zero-order valence-corrected chi connectivity index (χ0v) is 40.1. The molecule has 0 saturated carbocycles. The third-order valence-electron chi connectivity index (χ3n) is 13.8. The summed E-state index contributed by atoms with van der Waals surface area (Å²) >= 11 is 0. The first-order valence-electron chi connectivity index (χ1n) is 25.4. The third kappa shape index (κ3) is 23.8. The summed E-state index contributed by atoms with van der Waals surface area (Å²) in [5.74, 6) is 2.47. The van der Waals surface area contributed by atoms with Crippen LogP contribution in [0.2, 0.25) is 0 Å². The van der Waals surface area contributed by atoms with Crippen molar-refractivity contribution in [2.24, 2.45) is 23.7 Å². The molecule has 2 rings (SSSR count). The summed E-state index contributed by atoms with van der Waals surface area (Å²) < 4.78 is 0. The molecule has 4 nitrogen and oxygen atoms in total. The van der Waals surface area contributed by atoms with Gasteiger partial charge in [-0.05, 0) is 118 Å². The lowest BCUT2D eigenvalue weighted by Crippen LogP contribution is -2.59. The zero-order chi connectivity index (χ0) is 41.3. The highest BCUT2D eigenvalue weighted by molar-refractivity contribution is 5.79. The van der Waals surface area contributed by atoms with E-state index in [2.05, 4.69) is 85.2 Å². The summed E-state index contributed by atoms with van der Waals surface area (Å²) in [7, 11) is 0. The number of nitrogens with one attached hydrogen (secondary N) is 3. The van der Waals surface area contributed by atoms with Gasteiger partial charge in [-0.25, -0.2) is 0 Å². The third-order valence-corrected chi connectivity index (χ3v) is 13.8. The predicted octanol–water partition coefficient (Wildman–Crippen LogP) is 15.4. The van der Waals surface area contributed by atoms with Crippen LogP contribution in [0.25, 0.3) is 0 Å². The van der Waals surface area contributed by atoms with Gasteiger partial charge in [0.25, 0.3) is 0 Å². The Hall–Kier alpha value is -0.610. The number of rotatable bonds is 33. The number of carbonyl (C=O) groups is 1. The molecule has 2 atom stereocenters. The average molecular weight is 786 g/mol. The lowest BCUT2D eigenvalue weighted by molar-refractivity contribution is -0.128. The van der Waals surface area contributed by atoms with Gasteiger partial charge >= 0.3 is 0 Å². The summed E-state index contributed by atoms with van der Waals surface area (Å²) in [6.45, 7) is 24.5. The SMILES string of the molecule is CCCCCCCCCCCCCCCCCCCCC(C(=O)NCCCCCCC1CC(C)(C)NC(C)(C)C1)C(CCCCC)C1CC(C)(C)NC(C)(C)C1. The normalized spacial score (nSPS) is 20.5. The van der Waals surface area contributed by atoms with E-state index in [1.807, 2.05) is 0 Å². The molecule has 3 N–H and O–H groups in total. The largest absolute Gasteiger partial charge is 0.356 e. The monoisotopic (exact) mass is 786 g/mol. The Morgan fingerprint density at radius 1 is 0.482 bits per heavy atom. The Bertz CT molecular complexity index is 953. The lowest BCUT2D eigenvalue weighted by atomic mass is 9.65. The van der Waals surface area contributed by atoms with Crippen molar-refractivity contribution in [2.45, 2.75) is 297 Å². The van der Waals surface area contributed by atoms with Crippen molar-refractivity contribution in [1.82, 2.24) is 16.0 Å². The topological polar surface area (TPSA) is 53.2 Å². The second kappa shape index (κ2) is 28.0. The van der Waals surface area contributed by atoms with Crippen LogP contribution in [0.4, 0.5) is 0 Å². The summed E-state index contributed by atoms with van der Waals surface area (Å²) in [6, 6.07) is 0. The molecule has 2 saturated heterocycles. The van der Waals surface area contributed by atoms with Gasteiger partial charge < -0.3 is 16.0 Å². The van der Waals surface area contributed by atoms with Crippen LogP contribution in [0.3, 0.4) is 0 Å². The Labute approximate surface area is 352 Å². The first-order chi connectivity index (χ1) is 26.6. The van der Waals surface area contributed by atoms with Crippen molar-refractivity contribution in [3.8, 4) is 0 Å². The van der Waals surface area contributed by atoms with Crippen LogP contribution in [0.5, 0.6) is 0 Å². The maximum atomic E-state index is 14.3. The van der Waals surface area contributed by atoms with E-state index < -0.39 is 0 Å². The van der Waals surface area contributed by atoms with E-state index in [4.69, 9.17) is 0 Å². The van der Waals surface area contributed by atoms with E-state index in [1.54, 1.807) is 0 Å². The number of unbranched alkanes of at least 4 members (excludes halogenated alkanes) is 22. The Kier molecular flexibility index (Phi) is 25.8. The summed E-state index contributed by atoms with van der Waals surface area (Å²) in [4.78, 5) is 14.3. The van der Waals surface area contributed by atoms with Crippen molar-refractivity contribution in [3.05, 3.63) is 0 Å². The molecule has 56 heavy (non-hydrogen) atoms. The summed E-state index contributed by atoms with van der Waals surface area (Å²) in [6.07, 6.45) is 42.7. The summed E-state index contributed by atoms with van der Waals surface area (Å²) in [5, 5.41) is 11.3. The predicted molar refractivity (Wildman–Crippen MR) is 249 cm³/mol. The maximum absolute atomic E-state index is 14.3. The highest BCUT2D eigenvalue weighted by Crippen LogP contribution is 2.43. The molecule has 2 aliphatic rings. The molecule has 2 unspecified atom stereocenters. The van der Waals surface area contributed by atoms with Gasteiger partial charge in [0.2, 0.25) is 5.91 Å². The van der Waals surface area contributed by atoms with E-state index in [1.165, 1.54) is 193 Å². The quantitative estimate of drug-likeness (QED) is 0.0581. The molecule has 0 radical (unpaired) electrons. The minimum absolute atomic E-state index is 0.115. The summed E-state index contributed by atoms with van der Waals surface area (Å²) in [5.41, 5.74) is 0.716.